The van der Waals surface area contributed by atoms with Crippen LogP contribution in [0.4, 0.5) is 0 Å². The molecule has 1 amide bonds. The van der Waals surface area contributed by atoms with Gasteiger partial charge in [-0.3, -0.25) is 4.79 Å². The second kappa shape index (κ2) is 9.94. The molecule has 1 saturated heterocycles. The summed E-state index contributed by atoms with van der Waals surface area (Å²) in [6.45, 7) is 11.2. The van der Waals surface area contributed by atoms with Gasteiger partial charge < -0.3 is 15.1 Å². The molecule has 1 aliphatic rings. The highest BCUT2D eigenvalue weighted by Gasteiger charge is 2.22. The van der Waals surface area contributed by atoms with Crippen molar-refractivity contribution in [3.8, 4) is 0 Å². The topological polar surface area (TPSA) is 35.6 Å². The van der Waals surface area contributed by atoms with Crippen LogP contribution in [0.1, 0.15) is 32.6 Å². The molecule has 4 nitrogen and oxygen atoms in total. The molecule has 1 fully saturated rings. The Bertz CT molecular complexity index is 285. The standard InChI is InChI=1S/C16H31N3O/c1-4-6-10-18(3)14-15-7-11-19(12-8-15)16(20)13-17-9-5-2/h5,15,17H,2,4,6-14H2,1,3H3. The summed E-state index contributed by atoms with van der Waals surface area (Å²) in [5.74, 6) is 0.978. The van der Waals surface area contributed by atoms with Crippen LogP contribution in [0.2, 0.25) is 0 Å². The first-order valence-corrected chi connectivity index (χ1v) is 7.95. The minimum Gasteiger partial charge on any atom is -0.342 e. The first kappa shape index (κ1) is 17.2. The van der Waals surface area contributed by atoms with Crippen LogP contribution in [-0.2, 0) is 4.79 Å². The highest BCUT2D eigenvalue weighted by molar-refractivity contribution is 5.78. The van der Waals surface area contributed by atoms with Gasteiger partial charge in [-0.2, -0.15) is 0 Å². The lowest BCUT2D eigenvalue weighted by Gasteiger charge is -2.34. The molecule has 1 N–H and O–H groups in total. The number of nitrogens with zero attached hydrogens (tertiary/aromatic N) is 2. The van der Waals surface area contributed by atoms with Crippen molar-refractivity contribution in [2.24, 2.45) is 5.92 Å². The maximum Gasteiger partial charge on any atom is 0.236 e. The zero-order chi connectivity index (χ0) is 14.8. The smallest absolute Gasteiger partial charge is 0.236 e. The predicted octanol–water partition coefficient (Wildman–Crippen LogP) is 1.73. The quantitative estimate of drug-likeness (QED) is 0.516. The molecule has 0 radical (unpaired) electrons. The third-order valence-electron chi connectivity index (χ3n) is 4.00. The number of hydrogen-bond acceptors (Lipinski definition) is 3. The summed E-state index contributed by atoms with van der Waals surface area (Å²) < 4.78 is 0. The number of piperidine rings is 1. The summed E-state index contributed by atoms with van der Waals surface area (Å²) in [7, 11) is 2.21. The fourth-order valence-corrected chi connectivity index (χ4v) is 2.72. The fourth-order valence-electron chi connectivity index (χ4n) is 2.72. The monoisotopic (exact) mass is 281 g/mol. The van der Waals surface area contributed by atoms with Gasteiger partial charge in [0.25, 0.3) is 0 Å². The van der Waals surface area contributed by atoms with Crippen molar-refractivity contribution >= 4 is 5.91 Å². The van der Waals surface area contributed by atoms with E-state index < -0.39 is 0 Å². The van der Waals surface area contributed by atoms with Gasteiger partial charge in [0.05, 0.1) is 6.54 Å². The molecule has 1 rings (SSSR count). The zero-order valence-corrected chi connectivity index (χ0v) is 13.2. The van der Waals surface area contributed by atoms with Crippen LogP contribution in [0.5, 0.6) is 0 Å². The maximum absolute atomic E-state index is 12.0. The first-order valence-electron chi connectivity index (χ1n) is 7.95. The lowest BCUT2D eigenvalue weighted by atomic mass is 9.96. The number of rotatable bonds is 9. The van der Waals surface area contributed by atoms with Gasteiger partial charge in [-0.1, -0.05) is 19.4 Å². The Kier molecular flexibility index (Phi) is 8.54. The molecule has 0 bridgehead atoms. The highest BCUT2D eigenvalue weighted by Crippen LogP contribution is 2.18. The van der Waals surface area contributed by atoms with E-state index in [0.29, 0.717) is 13.1 Å². The average molecular weight is 281 g/mol. The molecule has 4 heteroatoms. The molecule has 0 aliphatic carbocycles. The van der Waals surface area contributed by atoms with Crippen molar-refractivity contribution in [3.05, 3.63) is 12.7 Å². The van der Waals surface area contributed by atoms with Gasteiger partial charge in [0.2, 0.25) is 5.91 Å². The molecule has 1 heterocycles. The van der Waals surface area contributed by atoms with Crippen LogP contribution >= 0.6 is 0 Å². The van der Waals surface area contributed by atoms with Crippen molar-refractivity contribution < 1.29 is 4.79 Å². The van der Waals surface area contributed by atoms with Crippen LogP contribution in [0.25, 0.3) is 0 Å². The van der Waals surface area contributed by atoms with Gasteiger partial charge >= 0.3 is 0 Å². The second-order valence-corrected chi connectivity index (χ2v) is 5.86. The van der Waals surface area contributed by atoms with Gasteiger partial charge in [-0.15, -0.1) is 6.58 Å². The van der Waals surface area contributed by atoms with E-state index in [4.69, 9.17) is 0 Å². The van der Waals surface area contributed by atoms with Gasteiger partial charge in [-0.05, 0) is 38.8 Å². The van der Waals surface area contributed by atoms with Gasteiger partial charge in [0, 0.05) is 26.2 Å². The Morgan fingerprint density at radius 2 is 2.15 bits per heavy atom. The van der Waals surface area contributed by atoms with E-state index in [9.17, 15) is 4.79 Å². The number of likely N-dealkylation sites (tertiary alicyclic amines) is 1. The molecular formula is C16H31N3O. The second-order valence-electron chi connectivity index (χ2n) is 5.86. The number of unbranched alkanes of at least 4 members (excludes halogenated alkanes) is 1. The molecular weight excluding hydrogens is 250 g/mol. The number of hydrogen-bond donors (Lipinski definition) is 1. The van der Waals surface area contributed by atoms with E-state index in [1.807, 2.05) is 4.90 Å². The predicted molar refractivity (Wildman–Crippen MR) is 84.8 cm³/mol. The largest absolute Gasteiger partial charge is 0.342 e. The van der Waals surface area contributed by atoms with Crippen LogP contribution in [0.3, 0.4) is 0 Å². The molecule has 0 saturated carbocycles. The highest BCUT2D eigenvalue weighted by atomic mass is 16.2. The fraction of sp³-hybridized carbons (Fsp3) is 0.812. The maximum atomic E-state index is 12.0. The Morgan fingerprint density at radius 1 is 1.45 bits per heavy atom. The molecule has 1 aliphatic heterocycles. The van der Waals surface area contributed by atoms with Gasteiger partial charge in [-0.25, -0.2) is 0 Å². The summed E-state index contributed by atoms with van der Waals surface area (Å²) in [6, 6.07) is 0. The summed E-state index contributed by atoms with van der Waals surface area (Å²) in [4.78, 5) is 16.4. The van der Waals surface area contributed by atoms with E-state index in [-0.39, 0.29) is 5.91 Å². The van der Waals surface area contributed by atoms with Crippen LogP contribution in [-0.4, -0.2) is 62.0 Å². The average Bonchev–Trinajstić information content (AvgIpc) is 2.46. The third-order valence-corrected chi connectivity index (χ3v) is 4.00. The van der Waals surface area contributed by atoms with E-state index in [0.717, 1.165) is 31.8 Å². The van der Waals surface area contributed by atoms with E-state index >= 15 is 0 Å². The molecule has 0 aromatic heterocycles. The summed E-state index contributed by atoms with van der Waals surface area (Å²) in [6.07, 6.45) is 6.61. The van der Waals surface area contributed by atoms with Crippen LogP contribution in [0.15, 0.2) is 12.7 Å². The van der Waals surface area contributed by atoms with Gasteiger partial charge in [0.1, 0.15) is 0 Å². The SMILES string of the molecule is C=CCNCC(=O)N1CCC(CN(C)CCCC)CC1. The van der Waals surface area contributed by atoms with Crippen molar-refractivity contribution in [3.63, 3.8) is 0 Å². The Labute approximate surface area is 124 Å². The molecule has 0 aromatic rings. The van der Waals surface area contributed by atoms with E-state index in [1.165, 1.54) is 25.9 Å². The van der Waals surface area contributed by atoms with E-state index in [1.54, 1.807) is 6.08 Å². The normalized spacial score (nSPS) is 16.6. The molecule has 20 heavy (non-hydrogen) atoms. The van der Waals surface area contributed by atoms with Crippen molar-refractivity contribution in [1.29, 1.82) is 0 Å². The Balaban J connectivity index is 2.18. The lowest BCUT2D eigenvalue weighted by molar-refractivity contribution is -0.131. The van der Waals surface area contributed by atoms with Crippen LogP contribution < -0.4 is 5.32 Å². The number of carbonyl (C=O) groups is 1. The number of nitrogens with one attached hydrogen (secondary N) is 1. The molecule has 116 valence electrons. The minimum atomic E-state index is 0.227. The van der Waals surface area contributed by atoms with Crippen molar-refractivity contribution in [2.75, 3.05) is 46.3 Å². The summed E-state index contributed by atoms with van der Waals surface area (Å²) in [5, 5.41) is 3.08. The number of amides is 1. The van der Waals surface area contributed by atoms with Crippen molar-refractivity contribution in [2.45, 2.75) is 32.6 Å². The summed E-state index contributed by atoms with van der Waals surface area (Å²) in [5.41, 5.74) is 0. The Hall–Kier alpha value is -0.870. The number of carbonyl (C=O) groups excluding carboxylic acids is 1. The first-order chi connectivity index (χ1) is 9.67. The third kappa shape index (κ3) is 6.53. The van der Waals surface area contributed by atoms with E-state index in [2.05, 4.69) is 30.8 Å². The molecule has 0 unspecified atom stereocenters. The van der Waals surface area contributed by atoms with Gasteiger partial charge in [0.15, 0.2) is 0 Å². The van der Waals surface area contributed by atoms with Crippen LogP contribution in [0, 0.1) is 5.92 Å². The zero-order valence-electron chi connectivity index (χ0n) is 13.2. The molecule has 0 spiro atoms. The van der Waals surface area contributed by atoms with Crippen molar-refractivity contribution in [1.82, 2.24) is 15.1 Å². The molecule has 0 aromatic carbocycles. The Morgan fingerprint density at radius 3 is 2.75 bits per heavy atom. The molecule has 0 atom stereocenters. The lowest BCUT2D eigenvalue weighted by Crippen LogP contribution is -2.44. The minimum absolute atomic E-state index is 0.227. The summed E-state index contributed by atoms with van der Waals surface area (Å²) >= 11 is 0.